The van der Waals surface area contributed by atoms with Crippen molar-refractivity contribution in [3.8, 4) is 33.9 Å². The number of rotatable bonds is 11. The highest BCUT2D eigenvalue weighted by atomic mass is 35.5. The molecule has 1 aromatic heterocycles. The van der Waals surface area contributed by atoms with Gasteiger partial charge >= 0.3 is 0 Å². The number of amides is 1. The van der Waals surface area contributed by atoms with Crippen LogP contribution in [0.4, 0.5) is 0 Å². The molecule has 0 saturated heterocycles. The lowest BCUT2D eigenvalue weighted by Gasteiger charge is -2.23. The van der Waals surface area contributed by atoms with Gasteiger partial charge in [0.2, 0.25) is 0 Å². The predicted molar refractivity (Wildman–Crippen MR) is 159 cm³/mol. The average molecular weight is 571 g/mol. The summed E-state index contributed by atoms with van der Waals surface area (Å²) in [5.41, 5.74) is 3.32. The van der Waals surface area contributed by atoms with Crippen LogP contribution in [0.2, 0.25) is 10.0 Å². The number of halogens is 2. The number of hydrogen-bond donors (Lipinski definition) is 1. The molecule has 1 N–H and O–H groups in total. The molecule has 3 aromatic rings. The van der Waals surface area contributed by atoms with Crippen molar-refractivity contribution >= 4 is 29.1 Å². The summed E-state index contributed by atoms with van der Waals surface area (Å²) < 4.78 is 11.8. The quantitative estimate of drug-likeness (QED) is 0.242. The lowest BCUT2D eigenvalue weighted by molar-refractivity contribution is 0.0923. The number of carbonyl (C=O) groups excluding carboxylic acids is 1. The maximum atomic E-state index is 13.2. The van der Waals surface area contributed by atoms with Gasteiger partial charge in [0.25, 0.3) is 5.91 Å². The minimum absolute atomic E-state index is 0.169. The number of aromatic nitrogens is 1. The average Bonchev–Trinajstić information content (AvgIpc) is 2.93. The van der Waals surface area contributed by atoms with E-state index in [1.165, 1.54) is 6.42 Å². The van der Waals surface area contributed by atoms with Crippen molar-refractivity contribution in [2.45, 2.75) is 51.5 Å². The third-order valence-electron chi connectivity index (χ3n) is 6.82. The number of ether oxygens (including phenoxy) is 2. The van der Waals surface area contributed by atoms with Crippen molar-refractivity contribution in [2.24, 2.45) is 0 Å². The summed E-state index contributed by atoms with van der Waals surface area (Å²) in [7, 11) is 4.06. The van der Waals surface area contributed by atoms with Crippen molar-refractivity contribution in [3.63, 3.8) is 0 Å². The molecule has 1 aliphatic carbocycles. The van der Waals surface area contributed by atoms with Gasteiger partial charge in [0.1, 0.15) is 17.2 Å². The molecule has 39 heavy (non-hydrogen) atoms. The van der Waals surface area contributed by atoms with E-state index in [2.05, 4.69) is 10.2 Å². The molecule has 4 rings (SSSR count). The summed E-state index contributed by atoms with van der Waals surface area (Å²) in [4.78, 5) is 20.2. The van der Waals surface area contributed by atoms with Crippen molar-refractivity contribution in [1.82, 2.24) is 15.2 Å². The fraction of sp³-hybridized carbons (Fsp3) is 0.419. The van der Waals surface area contributed by atoms with Crippen molar-refractivity contribution in [3.05, 3.63) is 64.3 Å². The van der Waals surface area contributed by atoms with Crippen LogP contribution >= 0.6 is 23.2 Å². The maximum absolute atomic E-state index is 13.2. The Morgan fingerprint density at radius 3 is 2.49 bits per heavy atom. The van der Waals surface area contributed by atoms with E-state index >= 15 is 0 Å². The van der Waals surface area contributed by atoms with Crippen molar-refractivity contribution < 1.29 is 14.3 Å². The highest BCUT2D eigenvalue weighted by molar-refractivity contribution is 6.33. The Morgan fingerprint density at radius 1 is 0.974 bits per heavy atom. The van der Waals surface area contributed by atoms with Crippen molar-refractivity contribution in [2.75, 3.05) is 33.9 Å². The van der Waals surface area contributed by atoms with Crippen LogP contribution in [0, 0.1) is 0 Å². The second-order valence-electron chi connectivity index (χ2n) is 10.1. The second kappa shape index (κ2) is 14.0. The molecule has 1 amide bonds. The third kappa shape index (κ3) is 7.87. The zero-order valence-corrected chi connectivity index (χ0v) is 24.4. The van der Waals surface area contributed by atoms with Crippen LogP contribution in [0.15, 0.2) is 48.5 Å². The van der Waals surface area contributed by atoms with E-state index < -0.39 is 0 Å². The molecule has 1 aliphatic rings. The smallest absolute Gasteiger partial charge is 0.270 e. The molecule has 6 nitrogen and oxygen atoms in total. The van der Waals surface area contributed by atoms with E-state index in [4.69, 9.17) is 37.7 Å². The minimum Gasteiger partial charge on any atom is -0.494 e. The highest BCUT2D eigenvalue weighted by Gasteiger charge is 2.21. The molecule has 0 unspecified atom stereocenters. The number of pyridine rings is 1. The largest absolute Gasteiger partial charge is 0.494 e. The molecule has 0 bridgehead atoms. The number of nitrogens with one attached hydrogen (secondary N) is 1. The van der Waals surface area contributed by atoms with Gasteiger partial charge in [-0.1, -0.05) is 48.5 Å². The Balaban J connectivity index is 1.73. The highest BCUT2D eigenvalue weighted by Crippen LogP contribution is 2.39. The standard InChI is InChI=1S/C31H37Cl2N3O3/c1-4-38-23-12-15-26(32)25(20-23)24-13-16-28(31(37)34-22-9-6-5-7-10-22)35-30(24)21-11-14-27(33)29(19-21)39-18-8-17-36(2)3/h11-16,19-20,22H,4-10,17-18H2,1-3H3,(H,34,37). The monoisotopic (exact) mass is 569 g/mol. The Kier molecular flexibility index (Phi) is 10.5. The summed E-state index contributed by atoms with van der Waals surface area (Å²) >= 11 is 13.2. The van der Waals surface area contributed by atoms with Gasteiger partial charge in [0, 0.05) is 34.3 Å². The summed E-state index contributed by atoms with van der Waals surface area (Å²) in [6, 6.07) is 15.0. The van der Waals surface area contributed by atoms with Crippen LogP contribution in [0.5, 0.6) is 11.5 Å². The van der Waals surface area contributed by atoms with Gasteiger partial charge in [-0.15, -0.1) is 0 Å². The van der Waals surface area contributed by atoms with Crippen LogP contribution in [0.25, 0.3) is 22.4 Å². The van der Waals surface area contributed by atoms with E-state index in [9.17, 15) is 4.79 Å². The topological polar surface area (TPSA) is 63.7 Å². The molecule has 1 saturated carbocycles. The fourth-order valence-corrected chi connectivity index (χ4v) is 5.21. The molecule has 0 radical (unpaired) electrons. The van der Waals surface area contributed by atoms with E-state index in [1.54, 1.807) is 12.1 Å². The Hall–Kier alpha value is -2.80. The van der Waals surface area contributed by atoms with Gasteiger partial charge in [-0.25, -0.2) is 4.98 Å². The SMILES string of the molecule is CCOc1ccc(Cl)c(-c2ccc(C(=O)NC3CCCCC3)nc2-c2ccc(Cl)c(OCCCN(C)C)c2)c1. The number of carbonyl (C=O) groups is 1. The maximum Gasteiger partial charge on any atom is 0.270 e. The van der Waals surface area contributed by atoms with Gasteiger partial charge in [0.05, 0.1) is 23.9 Å². The first kappa shape index (κ1) is 29.2. The molecule has 1 heterocycles. The number of nitrogens with zero attached hydrogens (tertiary/aromatic N) is 2. The van der Waals surface area contributed by atoms with E-state index in [0.717, 1.165) is 55.3 Å². The second-order valence-corrected chi connectivity index (χ2v) is 10.9. The predicted octanol–water partition coefficient (Wildman–Crippen LogP) is 7.51. The Labute approximate surface area is 241 Å². The summed E-state index contributed by atoms with van der Waals surface area (Å²) in [6.45, 7) is 3.93. The van der Waals surface area contributed by atoms with E-state index in [1.807, 2.05) is 57.4 Å². The molecular formula is C31H37Cl2N3O3. The van der Waals surface area contributed by atoms with Gasteiger partial charge in [-0.05, 0) is 82.7 Å². The number of benzene rings is 2. The van der Waals surface area contributed by atoms with E-state index in [0.29, 0.717) is 46.1 Å². The molecule has 8 heteroatoms. The van der Waals surface area contributed by atoms with Gasteiger partial charge in [-0.3, -0.25) is 4.79 Å². The van der Waals surface area contributed by atoms with Crippen LogP contribution in [-0.2, 0) is 0 Å². The minimum atomic E-state index is -0.169. The normalized spacial score (nSPS) is 13.9. The summed E-state index contributed by atoms with van der Waals surface area (Å²) in [5, 5.41) is 4.26. The van der Waals surface area contributed by atoms with Crippen molar-refractivity contribution in [1.29, 1.82) is 0 Å². The first-order chi connectivity index (χ1) is 18.9. The zero-order valence-electron chi connectivity index (χ0n) is 22.9. The molecule has 2 aromatic carbocycles. The first-order valence-corrected chi connectivity index (χ1v) is 14.4. The van der Waals surface area contributed by atoms with Crippen LogP contribution < -0.4 is 14.8 Å². The third-order valence-corrected chi connectivity index (χ3v) is 7.46. The lowest BCUT2D eigenvalue weighted by atomic mass is 9.95. The van der Waals surface area contributed by atoms with Gasteiger partial charge in [-0.2, -0.15) is 0 Å². The fourth-order valence-electron chi connectivity index (χ4n) is 4.82. The Morgan fingerprint density at radius 2 is 1.74 bits per heavy atom. The van der Waals surface area contributed by atoms with E-state index in [-0.39, 0.29) is 11.9 Å². The van der Waals surface area contributed by atoms with Gasteiger partial charge in [0.15, 0.2) is 0 Å². The molecule has 0 spiro atoms. The van der Waals surface area contributed by atoms with Crippen LogP contribution in [-0.4, -0.2) is 55.7 Å². The summed E-state index contributed by atoms with van der Waals surface area (Å²) in [6.07, 6.45) is 6.37. The molecular weight excluding hydrogens is 533 g/mol. The van der Waals surface area contributed by atoms with Crippen LogP contribution in [0.3, 0.4) is 0 Å². The number of hydrogen-bond acceptors (Lipinski definition) is 5. The zero-order chi connectivity index (χ0) is 27.8. The lowest BCUT2D eigenvalue weighted by Crippen LogP contribution is -2.36. The van der Waals surface area contributed by atoms with Crippen LogP contribution in [0.1, 0.15) is 55.9 Å². The molecule has 1 fully saturated rings. The summed E-state index contributed by atoms with van der Waals surface area (Å²) in [5.74, 6) is 1.12. The van der Waals surface area contributed by atoms with Gasteiger partial charge < -0.3 is 19.7 Å². The molecule has 208 valence electrons. The Bertz CT molecular complexity index is 1280. The molecule has 0 atom stereocenters. The first-order valence-electron chi connectivity index (χ1n) is 13.7. The molecule has 0 aliphatic heterocycles.